The molecule has 0 saturated heterocycles. The van der Waals surface area contributed by atoms with Crippen LogP contribution in [0.5, 0.6) is 5.75 Å². The molecule has 0 aliphatic carbocycles. The quantitative estimate of drug-likeness (QED) is 0.321. The minimum atomic E-state index is -0.854. The molecule has 0 saturated carbocycles. The summed E-state index contributed by atoms with van der Waals surface area (Å²) in [5.41, 5.74) is 5.77. The van der Waals surface area contributed by atoms with E-state index in [4.69, 9.17) is 4.74 Å². The average molecular weight is 466 g/mol. The van der Waals surface area contributed by atoms with Gasteiger partial charge in [0.15, 0.2) is 0 Å². The van der Waals surface area contributed by atoms with Crippen LogP contribution in [0.15, 0.2) is 82.4 Å². The number of nitrogens with one attached hydrogen (secondary N) is 2. The number of amides is 2. The summed E-state index contributed by atoms with van der Waals surface area (Å²) in [6.45, 7) is 2.53. The summed E-state index contributed by atoms with van der Waals surface area (Å²) < 4.78 is 6.65. The molecule has 0 unspecified atom stereocenters. The Kier molecular flexibility index (Phi) is 7.34. The highest BCUT2D eigenvalue weighted by atomic mass is 79.9. The van der Waals surface area contributed by atoms with Gasteiger partial charge in [0.05, 0.1) is 6.21 Å². The Morgan fingerprint density at radius 1 is 1.00 bits per heavy atom. The number of carbonyl (C=O) groups is 2. The van der Waals surface area contributed by atoms with E-state index in [1.807, 2.05) is 49.4 Å². The van der Waals surface area contributed by atoms with Crippen molar-refractivity contribution in [2.24, 2.45) is 5.10 Å². The Balaban J connectivity index is 1.46. The van der Waals surface area contributed by atoms with Crippen LogP contribution in [-0.2, 0) is 16.2 Å². The van der Waals surface area contributed by atoms with Gasteiger partial charge in [-0.3, -0.25) is 9.59 Å². The van der Waals surface area contributed by atoms with Gasteiger partial charge in [0.25, 0.3) is 0 Å². The fraction of sp³-hybridized carbons (Fsp3) is 0.0870. The third kappa shape index (κ3) is 6.56. The van der Waals surface area contributed by atoms with E-state index in [2.05, 4.69) is 37.8 Å². The second kappa shape index (κ2) is 10.4. The standard InChI is InChI=1S/C23H20BrN3O3/c1-16-3-2-4-18(13-16)15-30-21-11-5-17(6-12-21)14-25-27-23(29)22(28)26-20-9-7-19(24)8-10-20/h2-14H,15H2,1H3,(H,26,28)(H,27,29)/b25-14+. The number of rotatable bonds is 6. The summed E-state index contributed by atoms with van der Waals surface area (Å²) in [4.78, 5) is 23.7. The number of hydrogen-bond acceptors (Lipinski definition) is 4. The smallest absolute Gasteiger partial charge is 0.329 e. The zero-order valence-electron chi connectivity index (χ0n) is 16.3. The number of ether oxygens (including phenoxy) is 1. The van der Waals surface area contributed by atoms with Gasteiger partial charge >= 0.3 is 11.8 Å². The van der Waals surface area contributed by atoms with Crippen molar-refractivity contribution in [3.8, 4) is 5.75 Å². The van der Waals surface area contributed by atoms with E-state index in [0.717, 1.165) is 21.3 Å². The second-order valence-electron chi connectivity index (χ2n) is 6.51. The maximum absolute atomic E-state index is 11.9. The molecule has 0 bridgehead atoms. The molecule has 0 radical (unpaired) electrons. The molecule has 0 aliphatic rings. The van der Waals surface area contributed by atoms with Gasteiger partial charge in [-0.05, 0) is 66.6 Å². The van der Waals surface area contributed by atoms with Gasteiger partial charge in [0.1, 0.15) is 12.4 Å². The highest BCUT2D eigenvalue weighted by Gasteiger charge is 2.12. The summed E-state index contributed by atoms with van der Waals surface area (Å²) in [7, 11) is 0. The Labute approximate surface area is 183 Å². The van der Waals surface area contributed by atoms with Crippen molar-refractivity contribution < 1.29 is 14.3 Å². The van der Waals surface area contributed by atoms with Crippen molar-refractivity contribution in [3.05, 3.63) is 94.0 Å². The van der Waals surface area contributed by atoms with Crippen LogP contribution in [0.25, 0.3) is 0 Å². The lowest BCUT2D eigenvalue weighted by Gasteiger charge is -2.07. The zero-order chi connectivity index (χ0) is 21.3. The molecule has 0 heterocycles. The Morgan fingerprint density at radius 3 is 2.43 bits per heavy atom. The molecular formula is C23H20BrN3O3. The van der Waals surface area contributed by atoms with Gasteiger partial charge in [-0.1, -0.05) is 45.8 Å². The molecule has 0 aromatic heterocycles. The second-order valence-corrected chi connectivity index (χ2v) is 7.42. The molecule has 0 atom stereocenters. The Hall–Kier alpha value is -3.45. The minimum absolute atomic E-state index is 0.485. The first-order chi connectivity index (χ1) is 14.5. The topological polar surface area (TPSA) is 79.8 Å². The first-order valence-electron chi connectivity index (χ1n) is 9.18. The fourth-order valence-corrected chi connectivity index (χ4v) is 2.82. The summed E-state index contributed by atoms with van der Waals surface area (Å²) >= 11 is 3.30. The number of benzene rings is 3. The van der Waals surface area contributed by atoms with E-state index < -0.39 is 11.8 Å². The number of nitrogens with zero attached hydrogens (tertiary/aromatic N) is 1. The van der Waals surface area contributed by atoms with Crippen LogP contribution in [0.3, 0.4) is 0 Å². The minimum Gasteiger partial charge on any atom is -0.489 e. The van der Waals surface area contributed by atoms with E-state index in [-0.39, 0.29) is 0 Å². The molecular weight excluding hydrogens is 446 g/mol. The first kappa shape index (κ1) is 21.3. The molecule has 3 aromatic carbocycles. The number of hydrogen-bond donors (Lipinski definition) is 2. The van der Waals surface area contributed by atoms with Crippen molar-refractivity contribution in [2.45, 2.75) is 13.5 Å². The van der Waals surface area contributed by atoms with Crippen molar-refractivity contribution in [1.82, 2.24) is 5.43 Å². The van der Waals surface area contributed by atoms with Crippen LogP contribution < -0.4 is 15.5 Å². The van der Waals surface area contributed by atoms with Crippen molar-refractivity contribution >= 4 is 39.6 Å². The molecule has 0 fully saturated rings. The number of hydrazone groups is 1. The van der Waals surface area contributed by atoms with Gasteiger partial charge in [-0.25, -0.2) is 5.43 Å². The average Bonchev–Trinajstić information content (AvgIpc) is 2.75. The van der Waals surface area contributed by atoms with Crippen molar-refractivity contribution in [1.29, 1.82) is 0 Å². The highest BCUT2D eigenvalue weighted by molar-refractivity contribution is 9.10. The molecule has 30 heavy (non-hydrogen) atoms. The molecule has 3 aromatic rings. The van der Waals surface area contributed by atoms with Gasteiger partial charge in [-0.15, -0.1) is 0 Å². The van der Waals surface area contributed by atoms with Gasteiger partial charge in [-0.2, -0.15) is 5.10 Å². The monoisotopic (exact) mass is 465 g/mol. The van der Waals surface area contributed by atoms with Gasteiger partial charge in [0.2, 0.25) is 0 Å². The number of anilines is 1. The maximum Gasteiger partial charge on any atom is 0.329 e. The predicted molar refractivity (Wildman–Crippen MR) is 120 cm³/mol. The summed E-state index contributed by atoms with van der Waals surface area (Å²) in [5.74, 6) is -0.923. The maximum atomic E-state index is 11.9. The molecule has 3 rings (SSSR count). The molecule has 0 spiro atoms. The van der Waals surface area contributed by atoms with Crippen LogP contribution in [0.2, 0.25) is 0 Å². The van der Waals surface area contributed by atoms with E-state index in [1.54, 1.807) is 24.3 Å². The third-order valence-corrected chi connectivity index (χ3v) is 4.58. The van der Waals surface area contributed by atoms with Crippen LogP contribution in [-0.4, -0.2) is 18.0 Å². The van der Waals surface area contributed by atoms with E-state index in [9.17, 15) is 9.59 Å². The van der Waals surface area contributed by atoms with Crippen LogP contribution in [0, 0.1) is 6.92 Å². The van der Waals surface area contributed by atoms with Crippen molar-refractivity contribution in [2.75, 3.05) is 5.32 Å². The normalized spacial score (nSPS) is 10.6. The molecule has 2 N–H and O–H groups in total. The molecule has 7 heteroatoms. The van der Waals surface area contributed by atoms with Crippen LogP contribution in [0.1, 0.15) is 16.7 Å². The molecule has 152 valence electrons. The number of carbonyl (C=O) groups excluding carboxylic acids is 2. The number of aryl methyl sites for hydroxylation is 1. The summed E-state index contributed by atoms with van der Waals surface area (Å²) in [6.07, 6.45) is 1.45. The highest BCUT2D eigenvalue weighted by Crippen LogP contribution is 2.15. The third-order valence-electron chi connectivity index (χ3n) is 4.06. The number of halogens is 1. The van der Waals surface area contributed by atoms with Crippen LogP contribution in [0.4, 0.5) is 5.69 Å². The van der Waals surface area contributed by atoms with Gasteiger partial charge < -0.3 is 10.1 Å². The SMILES string of the molecule is Cc1cccc(COc2ccc(/C=N/NC(=O)C(=O)Nc3ccc(Br)cc3)cc2)c1. The van der Waals surface area contributed by atoms with Crippen LogP contribution >= 0.6 is 15.9 Å². The lowest BCUT2D eigenvalue weighted by atomic mass is 10.1. The zero-order valence-corrected chi connectivity index (χ0v) is 17.8. The van der Waals surface area contributed by atoms with Crippen molar-refractivity contribution in [3.63, 3.8) is 0 Å². The largest absolute Gasteiger partial charge is 0.489 e. The first-order valence-corrected chi connectivity index (χ1v) is 9.97. The fourth-order valence-electron chi connectivity index (χ4n) is 2.56. The predicted octanol–water partition coefficient (Wildman–Crippen LogP) is 4.43. The molecule has 0 aliphatic heterocycles. The summed E-state index contributed by atoms with van der Waals surface area (Å²) in [6, 6.07) is 22.3. The Bertz CT molecular complexity index is 1050. The van der Waals surface area contributed by atoms with E-state index >= 15 is 0 Å². The van der Waals surface area contributed by atoms with E-state index in [0.29, 0.717) is 12.3 Å². The Morgan fingerprint density at radius 2 is 1.73 bits per heavy atom. The molecule has 2 amide bonds. The van der Waals surface area contributed by atoms with Gasteiger partial charge in [0, 0.05) is 10.2 Å². The van der Waals surface area contributed by atoms with E-state index in [1.165, 1.54) is 11.8 Å². The molecule has 6 nitrogen and oxygen atoms in total. The summed E-state index contributed by atoms with van der Waals surface area (Å²) in [5, 5.41) is 6.31. The lowest BCUT2D eigenvalue weighted by molar-refractivity contribution is -0.136. The lowest BCUT2D eigenvalue weighted by Crippen LogP contribution is -2.32.